The lowest BCUT2D eigenvalue weighted by Gasteiger charge is -2.16. The summed E-state index contributed by atoms with van der Waals surface area (Å²) in [6.45, 7) is 4.27. The van der Waals surface area contributed by atoms with Gasteiger partial charge in [0, 0.05) is 4.47 Å². The smallest absolute Gasteiger partial charge is 0.138 e. The minimum Gasteiger partial charge on any atom is -0.489 e. The van der Waals surface area contributed by atoms with Crippen molar-refractivity contribution < 1.29 is 4.74 Å². The van der Waals surface area contributed by atoms with Crippen LogP contribution in [0.4, 0.5) is 0 Å². The summed E-state index contributed by atoms with van der Waals surface area (Å²) in [4.78, 5) is 0. The molecule has 3 heteroatoms. The van der Waals surface area contributed by atoms with E-state index in [0.717, 1.165) is 10.9 Å². The van der Waals surface area contributed by atoms with Gasteiger partial charge in [-0.25, -0.2) is 0 Å². The first-order valence-electron chi connectivity index (χ1n) is 6.54. The van der Waals surface area contributed by atoms with Gasteiger partial charge in [-0.2, -0.15) is 5.26 Å². The van der Waals surface area contributed by atoms with Crippen molar-refractivity contribution >= 4 is 15.9 Å². The van der Waals surface area contributed by atoms with Crippen molar-refractivity contribution in [2.75, 3.05) is 0 Å². The summed E-state index contributed by atoms with van der Waals surface area (Å²) in [5.41, 5.74) is 0.581. The molecule has 1 atom stereocenters. The molecule has 0 fully saturated rings. The van der Waals surface area contributed by atoms with E-state index in [1.165, 1.54) is 25.7 Å². The normalized spacial score (nSPS) is 11.9. The van der Waals surface area contributed by atoms with Crippen LogP contribution in [0.5, 0.6) is 5.75 Å². The zero-order valence-electron chi connectivity index (χ0n) is 11.1. The standard InChI is InChI=1S/C15H20BrNO/c1-3-4-5-6-8-12(2)18-15-10-7-9-14(16)13(15)11-17/h7,9-10,12H,3-6,8H2,1-2H3. The third-order valence-electron chi connectivity index (χ3n) is 2.88. The summed E-state index contributed by atoms with van der Waals surface area (Å²) in [5.74, 6) is 0.676. The van der Waals surface area contributed by atoms with Gasteiger partial charge in [0.1, 0.15) is 17.4 Å². The largest absolute Gasteiger partial charge is 0.489 e. The highest BCUT2D eigenvalue weighted by atomic mass is 79.9. The number of halogens is 1. The minimum absolute atomic E-state index is 0.156. The Kier molecular flexibility index (Phi) is 6.82. The van der Waals surface area contributed by atoms with E-state index in [1.54, 1.807) is 0 Å². The average molecular weight is 310 g/mol. The number of unbranched alkanes of at least 4 members (excludes halogenated alkanes) is 3. The number of rotatable bonds is 7. The molecule has 1 aromatic carbocycles. The fourth-order valence-corrected chi connectivity index (χ4v) is 2.28. The summed E-state index contributed by atoms with van der Waals surface area (Å²) in [6.07, 6.45) is 6.17. The molecule has 18 heavy (non-hydrogen) atoms. The third kappa shape index (κ3) is 4.70. The average Bonchev–Trinajstić information content (AvgIpc) is 2.35. The van der Waals surface area contributed by atoms with E-state index in [0.29, 0.717) is 11.3 Å². The molecular weight excluding hydrogens is 290 g/mol. The number of hydrogen-bond acceptors (Lipinski definition) is 2. The van der Waals surface area contributed by atoms with E-state index in [1.807, 2.05) is 18.2 Å². The van der Waals surface area contributed by atoms with Crippen LogP contribution in [0.1, 0.15) is 51.5 Å². The highest BCUT2D eigenvalue weighted by molar-refractivity contribution is 9.10. The van der Waals surface area contributed by atoms with Crippen molar-refractivity contribution in [2.24, 2.45) is 0 Å². The van der Waals surface area contributed by atoms with E-state index in [2.05, 4.69) is 35.8 Å². The third-order valence-corrected chi connectivity index (χ3v) is 3.54. The van der Waals surface area contributed by atoms with Gasteiger partial charge in [-0.1, -0.05) is 32.3 Å². The van der Waals surface area contributed by atoms with E-state index >= 15 is 0 Å². The maximum atomic E-state index is 9.10. The Labute approximate surface area is 118 Å². The van der Waals surface area contributed by atoms with Crippen molar-refractivity contribution in [3.8, 4) is 11.8 Å². The maximum Gasteiger partial charge on any atom is 0.138 e. The van der Waals surface area contributed by atoms with Gasteiger partial charge in [0.2, 0.25) is 0 Å². The van der Waals surface area contributed by atoms with Gasteiger partial charge >= 0.3 is 0 Å². The molecule has 1 rings (SSSR count). The highest BCUT2D eigenvalue weighted by Crippen LogP contribution is 2.27. The fourth-order valence-electron chi connectivity index (χ4n) is 1.85. The van der Waals surface area contributed by atoms with Crippen LogP contribution in [-0.2, 0) is 0 Å². The molecule has 0 saturated heterocycles. The molecule has 0 aromatic heterocycles. The summed E-state index contributed by atoms with van der Waals surface area (Å²) in [6, 6.07) is 7.78. The molecular formula is C15H20BrNO. The van der Waals surface area contributed by atoms with Gasteiger partial charge in [0.15, 0.2) is 0 Å². The molecule has 0 aliphatic carbocycles. The molecule has 0 amide bonds. The molecule has 0 heterocycles. The van der Waals surface area contributed by atoms with Crippen LogP contribution in [0.15, 0.2) is 22.7 Å². The molecule has 0 aliphatic heterocycles. The second-order valence-electron chi connectivity index (χ2n) is 4.50. The van der Waals surface area contributed by atoms with Crippen LogP contribution in [0, 0.1) is 11.3 Å². The summed E-state index contributed by atoms with van der Waals surface area (Å²) in [5, 5.41) is 9.10. The molecule has 98 valence electrons. The Hall–Kier alpha value is -1.01. The van der Waals surface area contributed by atoms with Crippen LogP contribution >= 0.6 is 15.9 Å². The predicted molar refractivity (Wildman–Crippen MR) is 77.7 cm³/mol. The molecule has 0 N–H and O–H groups in total. The molecule has 1 unspecified atom stereocenters. The van der Waals surface area contributed by atoms with Crippen molar-refractivity contribution in [1.82, 2.24) is 0 Å². The first kappa shape index (κ1) is 15.0. The van der Waals surface area contributed by atoms with Gasteiger partial charge in [0.05, 0.1) is 6.10 Å². The van der Waals surface area contributed by atoms with Crippen molar-refractivity contribution in [3.05, 3.63) is 28.2 Å². The van der Waals surface area contributed by atoms with Crippen molar-refractivity contribution in [1.29, 1.82) is 5.26 Å². The van der Waals surface area contributed by atoms with E-state index < -0.39 is 0 Å². The molecule has 0 aliphatic rings. The molecule has 0 saturated carbocycles. The van der Waals surface area contributed by atoms with Gasteiger partial charge < -0.3 is 4.74 Å². The Morgan fingerprint density at radius 1 is 1.33 bits per heavy atom. The molecule has 0 spiro atoms. The number of ether oxygens (including phenoxy) is 1. The Bertz CT molecular complexity index is 411. The van der Waals surface area contributed by atoms with Gasteiger partial charge in [-0.3, -0.25) is 0 Å². The van der Waals surface area contributed by atoms with Gasteiger partial charge in [-0.15, -0.1) is 0 Å². The highest BCUT2D eigenvalue weighted by Gasteiger charge is 2.10. The van der Waals surface area contributed by atoms with Gasteiger partial charge in [0.25, 0.3) is 0 Å². The van der Waals surface area contributed by atoms with Crippen LogP contribution in [-0.4, -0.2) is 6.10 Å². The quantitative estimate of drug-likeness (QED) is 0.660. The maximum absolute atomic E-state index is 9.10. The second kappa shape index (κ2) is 8.16. The number of nitrogens with zero attached hydrogens (tertiary/aromatic N) is 1. The first-order valence-corrected chi connectivity index (χ1v) is 7.33. The van der Waals surface area contributed by atoms with E-state index in [9.17, 15) is 0 Å². The topological polar surface area (TPSA) is 33.0 Å². The van der Waals surface area contributed by atoms with Crippen molar-refractivity contribution in [2.45, 2.75) is 52.1 Å². The van der Waals surface area contributed by atoms with E-state index in [4.69, 9.17) is 10.00 Å². The fraction of sp³-hybridized carbons (Fsp3) is 0.533. The zero-order chi connectivity index (χ0) is 13.4. The molecule has 0 bridgehead atoms. The lowest BCUT2D eigenvalue weighted by atomic mass is 10.1. The monoisotopic (exact) mass is 309 g/mol. The summed E-state index contributed by atoms with van der Waals surface area (Å²) in [7, 11) is 0. The van der Waals surface area contributed by atoms with Crippen LogP contribution < -0.4 is 4.74 Å². The Morgan fingerprint density at radius 2 is 2.11 bits per heavy atom. The van der Waals surface area contributed by atoms with Crippen LogP contribution in [0.3, 0.4) is 0 Å². The summed E-state index contributed by atoms with van der Waals surface area (Å²) >= 11 is 3.37. The SMILES string of the molecule is CCCCCCC(C)Oc1cccc(Br)c1C#N. The second-order valence-corrected chi connectivity index (χ2v) is 5.36. The van der Waals surface area contributed by atoms with Crippen molar-refractivity contribution in [3.63, 3.8) is 0 Å². The zero-order valence-corrected chi connectivity index (χ0v) is 12.7. The predicted octanol–water partition coefficient (Wildman–Crippen LogP) is 5.06. The molecule has 2 nitrogen and oxygen atoms in total. The minimum atomic E-state index is 0.156. The van der Waals surface area contributed by atoms with E-state index in [-0.39, 0.29) is 6.10 Å². The Balaban J connectivity index is 2.52. The lowest BCUT2D eigenvalue weighted by molar-refractivity contribution is 0.205. The lowest BCUT2D eigenvalue weighted by Crippen LogP contribution is -2.12. The molecule has 1 aromatic rings. The molecule has 0 radical (unpaired) electrons. The Morgan fingerprint density at radius 3 is 2.78 bits per heavy atom. The van der Waals surface area contributed by atoms with Gasteiger partial charge in [-0.05, 0) is 47.8 Å². The van der Waals surface area contributed by atoms with Crippen LogP contribution in [0.2, 0.25) is 0 Å². The van der Waals surface area contributed by atoms with Crippen LogP contribution in [0.25, 0.3) is 0 Å². The number of hydrogen-bond donors (Lipinski definition) is 0. The summed E-state index contributed by atoms with van der Waals surface area (Å²) < 4.78 is 6.64. The number of nitriles is 1. The first-order chi connectivity index (χ1) is 8.69. The number of benzene rings is 1.